The molecule has 1 aliphatic carbocycles. The fourth-order valence-corrected chi connectivity index (χ4v) is 2.72. The maximum absolute atomic E-state index is 14.1. The molecular formula is C15H12ClFN2O5. The minimum atomic E-state index is -1.22. The minimum absolute atomic E-state index is 0.00948. The third kappa shape index (κ3) is 2.62. The number of pyridine rings is 1. The third-order valence-corrected chi connectivity index (χ3v) is 4.12. The summed E-state index contributed by atoms with van der Waals surface area (Å²) in [4.78, 5) is 34.7. The molecule has 1 fully saturated rings. The van der Waals surface area contributed by atoms with Crippen LogP contribution in [0.3, 0.4) is 0 Å². The van der Waals surface area contributed by atoms with Gasteiger partial charge in [0.2, 0.25) is 11.2 Å². The topological polar surface area (TPSA) is 91.4 Å². The zero-order chi connectivity index (χ0) is 17.6. The summed E-state index contributed by atoms with van der Waals surface area (Å²) >= 11 is 5.90. The predicted octanol–water partition coefficient (Wildman–Crippen LogP) is 3.04. The van der Waals surface area contributed by atoms with E-state index in [2.05, 4.69) is 0 Å². The zero-order valence-electron chi connectivity index (χ0n) is 12.5. The van der Waals surface area contributed by atoms with Gasteiger partial charge in [0.1, 0.15) is 16.7 Å². The van der Waals surface area contributed by atoms with Gasteiger partial charge in [0.25, 0.3) is 0 Å². The summed E-state index contributed by atoms with van der Waals surface area (Å²) < 4.78 is 20.6. The van der Waals surface area contributed by atoms with Crippen LogP contribution in [-0.4, -0.2) is 21.6 Å². The van der Waals surface area contributed by atoms with Crippen LogP contribution in [0.4, 0.5) is 10.1 Å². The molecule has 0 radical (unpaired) electrons. The molecule has 2 aromatic rings. The Labute approximate surface area is 139 Å². The number of ether oxygens (including phenoxy) is 1. The summed E-state index contributed by atoms with van der Waals surface area (Å²) in [5, 5.41) is 10.2. The Kier molecular flexibility index (Phi) is 4.00. The predicted molar refractivity (Wildman–Crippen MR) is 83.9 cm³/mol. The number of carbonyl (C=O) groups excluding carboxylic acids is 1. The van der Waals surface area contributed by atoms with Crippen molar-refractivity contribution in [1.29, 1.82) is 0 Å². The number of nitrogens with zero attached hydrogens (tertiary/aromatic N) is 2. The first-order chi connectivity index (χ1) is 11.3. The smallest absolute Gasteiger partial charge is 0.343 e. The molecule has 1 aromatic carbocycles. The lowest BCUT2D eigenvalue weighted by Gasteiger charge is -2.13. The van der Waals surface area contributed by atoms with Crippen molar-refractivity contribution in [3.05, 3.63) is 49.0 Å². The molecule has 1 aliphatic rings. The Balaban J connectivity index is 2.32. The van der Waals surface area contributed by atoms with Crippen LogP contribution < -0.4 is 5.43 Å². The van der Waals surface area contributed by atoms with Gasteiger partial charge in [0, 0.05) is 18.8 Å². The molecule has 24 heavy (non-hydrogen) atoms. The molecule has 3 rings (SSSR count). The molecule has 0 saturated heterocycles. The van der Waals surface area contributed by atoms with E-state index in [1.807, 2.05) is 0 Å². The normalized spacial score (nSPS) is 14.0. The van der Waals surface area contributed by atoms with Gasteiger partial charge in [0.05, 0.1) is 15.8 Å². The van der Waals surface area contributed by atoms with Crippen LogP contribution in [0.1, 0.15) is 30.1 Å². The number of esters is 1. The zero-order valence-corrected chi connectivity index (χ0v) is 13.3. The third-order valence-electron chi connectivity index (χ3n) is 3.78. The number of aromatic nitrogens is 1. The van der Waals surface area contributed by atoms with Crippen molar-refractivity contribution in [3.63, 3.8) is 0 Å². The monoisotopic (exact) mass is 354 g/mol. The summed E-state index contributed by atoms with van der Waals surface area (Å²) in [6.45, 7) is 1.98. The summed E-state index contributed by atoms with van der Waals surface area (Å²) in [5.74, 6) is -2.02. The van der Waals surface area contributed by atoms with Crippen molar-refractivity contribution in [2.45, 2.75) is 32.4 Å². The lowest BCUT2D eigenvalue weighted by atomic mass is 10.1. The van der Waals surface area contributed by atoms with Crippen molar-refractivity contribution in [3.8, 4) is 0 Å². The van der Waals surface area contributed by atoms with E-state index in [4.69, 9.17) is 16.3 Å². The molecule has 0 amide bonds. The van der Waals surface area contributed by atoms with Gasteiger partial charge in [-0.15, -0.1) is 0 Å². The number of carbonyl (C=O) groups is 1. The van der Waals surface area contributed by atoms with Crippen molar-refractivity contribution in [1.82, 2.24) is 4.57 Å². The fraction of sp³-hybridized carbons (Fsp3) is 0.333. The number of fused-ring (bicyclic) bond motifs is 1. The number of hydrogen-bond acceptors (Lipinski definition) is 5. The lowest BCUT2D eigenvalue weighted by Crippen LogP contribution is -2.22. The van der Waals surface area contributed by atoms with Gasteiger partial charge in [-0.05, 0) is 19.8 Å². The van der Waals surface area contributed by atoms with Crippen LogP contribution in [0.2, 0.25) is 5.02 Å². The minimum Gasteiger partial charge on any atom is -0.459 e. The molecule has 0 N–H and O–H groups in total. The summed E-state index contributed by atoms with van der Waals surface area (Å²) in [5.41, 5.74) is -1.94. The van der Waals surface area contributed by atoms with E-state index in [9.17, 15) is 24.1 Å². The Bertz CT molecular complexity index is 936. The van der Waals surface area contributed by atoms with Crippen LogP contribution >= 0.6 is 11.6 Å². The highest BCUT2D eigenvalue weighted by Crippen LogP contribution is 2.32. The SMILES string of the molecule is CCn1cc(C(=O)OC2CC2)c(=O)c2cc([N+](=O)[O-])c(F)c(Cl)c21. The van der Waals surface area contributed by atoms with E-state index in [0.29, 0.717) is 0 Å². The average molecular weight is 355 g/mol. The highest BCUT2D eigenvalue weighted by molar-refractivity contribution is 6.35. The average Bonchev–Trinajstić information content (AvgIpc) is 3.34. The van der Waals surface area contributed by atoms with E-state index in [-0.39, 0.29) is 29.1 Å². The van der Waals surface area contributed by atoms with Crippen molar-refractivity contribution in [2.75, 3.05) is 0 Å². The number of benzene rings is 1. The van der Waals surface area contributed by atoms with Crippen LogP contribution in [0.15, 0.2) is 17.1 Å². The van der Waals surface area contributed by atoms with Gasteiger partial charge in [-0.3, -0.25) is 14.9 Å². The Morgan fingerprint density at radius 2 is 2.21 bits per heavy atom. The maximum Gasteiger partial charge on any atom is 0.343 e. The highest BCUT2D eigenvalue weighted by atomic mass is 35.5. The maximum atomic E-state index is 14.1. The van der Waals surface area contributed by atoms with Crippen LogP contribution in [0.25, 0.3) is 10.9 Å². The van der Waals surface area contributed by atoms with E-state index in [1.54, 1.807) is 6.92 Å². The number of halogens is 2. The molecule has 9 heteroatoms. The molecule has 1 heterocycles. The molecule has 7 nitrogen and oxygen atoms in total. The summed E-state index contributed by atoms with van der Waals surface area (Å²) in [6, 6.07) is 0.805. The van der Waals surface area contributed by atoms with E-state index in [1.165, 1.54) is 10.8 Å². The van der Waals surface area contributed by atoms with Gasteiger partial charge >= 0.3 is 11.7 Å². The first-order valence-corrected chi connectivity index (χ1v) is 7.63. The van der Waals surface area contributed by atoms with Gasteiger partial charge in [-0.2, -0.15) is 4.39 Å². The molecule has 0 spiro atoms. The molecule has 1 aromatic heterocycles. The second-order valence-electron chi connectivity index (χ2n) is 5.44. The fourth-order valence-electron chi connectivity index (χ4n) is 2.41. The highest BCUT2D eigenvalue weighted by Gasteiger charge is 2.30. The second kappa shape index (κ2) is 5.86. The number of nitro benzene ring substituents is 1. The Morgan fingerprint density at radius 3 is 2.75 bits per heavy atom. The molecule has 126 valence electrons. The number of nitro groups is 1. The molecule has 0 atom stereocenters. The first-order valence-electron chi connectivity index (χ1n) is 7.25. The van der Waals surface area contributed by atoms with E-state index in [0.717, 1.165) is 18.9 Å². The largest absolute Gasteiger partial charge is 0.459 e. The number of rotatable bonds is 4. The Hall–Kier alpha value is -2.48. The molecule has 0 unspecified atom stereocenters. The van der Waals surface area contributed by atoms with Crippen LogP contribution in [0.5, 0.6) is 0 Å². The standard InChI is InChI=1S/C15H12ClFN2O5/c1-2-18-6-9(15(21)24-7-3-4-7)14(20)8-5-10(19(22)23)12(17)11(16)13(8)18/h5-7H,2-4H2,1H3. The lowest BCUT2D eigenvalue weighted by molar-refractivity contribution is -0.387. The number of hydrogen-bond donors (Lipinski definition) is 0. The summed E-state index contributed by atoms with van der Waals surface area (Å²) in [6.07, 6.45) is 2.52. The van der Waals surface area contributed by atoms with E-state index < -0.39 is 32.8 Å². The van der Waals surface area contributed by atoms with Gasteiger partial charge in [-0.1, -0.05) is 11.6 Å². The van der Waals surface area contributed by atoms with Crippen LogP contribution in [0, 0.1) is 15.9 Å². The van der Waals surface area contributed by atoms with Crippen molar-refractivity contribution >= 4 is 34.2 Å². The molecule has 1 saturated carbocycles. The molecule has 0 bridgehead atoms. The second-order valence-corrected chi connectivity index (χ2v) is 5.82. The molecular weight excluding hydrogens is 343 g/mol. The van der Waals surface area contributed by atoms with Crippen molar-refractivity contribution < 1.29 is 18.8 Å². The van der Waals surface area contributed by atoms with Crippen LogP contribution in [-0.2, 0) is 11.3 Å². The summed E-state index contributed by atoms with van der Waals surface area (Å²) in [7, 11) is 0. The van der Waals surface area contributed by atoms with Gasteiger partial charge in [-0.25, -0.2) is 4.79 Å². The first kappa shape index (κ1) is 16.4. The quantitative estimate of drug-likeness (QED) is 0.478. The van der Waals surface area contributed by atoms with Crippen molar-refractivity contribution in [2.24, 2.45) is 0 Å². The Morgan fingerprint density at radius 1 is 1.54 bits per heavy atom. The van der Waals surface area contributed by atoms with Gasteiger partial charge < -0.3 is 9.30 Å². The van der Waals surface area contributed by atoms with Gasteiger partial charge in [0.15, 0.2) is 0 Å². The number of aryl methyl sites for hydroxylation is 1. The molecule has 0 aliphatic heterocycles. The van der Waals surface area contributed by atoms with E-state index >= 15 is 0 Å².